The number of esters is 1. The summed E-state index contributed by atoms with van der Waals surface area (Å²) >= 11 is 6.00. The highest BCUT2D eigenvalue weighted by atomic mass is 35.5. The molecule has 3 aromatic rings. The van der Waals surface area contributed by atoms with Crippen LogP contribution in [-0.2, 0) is 27.9 Å². The molecule has 0 spiro atoms. The van der Waals surface area contributed by atoms with Crippen molar-refractivity contribution in [2.24, 2.45) is 0 Å². The van der Waals surface area contributed by atoms with Crippen LogP contribution in [0.15, 0.2) is 41.3 Å². The molecule has 0 aliphatic carbocycles. The summed E-state index contributed by atoms with van der Waals surface area (Å²) < 4.78 is 38.7. The molecule has 0 atom stereocenters. The fourth-order valence-electron chi connectivity index (χ4n) is 3.16. The first-order valence-corrected chi connectivity index (χ1v) is 11.4. The fourth-order valence-corrected chi connectivity index (χ4v) is 4.26. The zero-order valence-electron chi connectivity index (χ0n) is 17.8. The Morgan fingerprint density at radius 1 is 1.19 bits per heavy atom. The SMILES string of the molecule is CCCn1c(COC(=O)c2cc(Cl)ccc2OC)nc2cc(S(=O)(=O)N(C)C)ccc21. The van der Waals surface area contributed by atoms with Crippen LogP contribution in [-0.4, -0.2) is 49.4 Å². The third kappa shape index (κ3) is 4.68. The van der Waals surface area contributed by atoms with Crippen LogP contribution in [0, 0.1) is 0 Å². The highest BCUT2D eigenvalue weighted by molar-refractivity contribution is 7.89. The Morgan fingerprint density at radius 3 is 2.58 bits per heavy atom. The molecule has 3 rings (SSSR count). The Balaban J connectivity index is 1.93. The van der Waals surface area contributed by atoms with Gasteiger partial charge in [-0.25, -0.2) is 22.5 Å². The number of imidazole rings is 1. The number of methoxy groups -OCH3 is 1. The van der Waals surface area contributed by atoms with E-state index in [4.69, 9.17) is 21.1 Å². The second-order valence-electron chi connectivity index (χ2n) is 7.04. The lowest BCUT2D eigenvalue weighted by molar-refractivity contribution is 0.0455. The number of sulfonamides is 1. The first kappa shape index (κ1) is 23.1. The van der Waals surface area contributed by atoms with Crippen molar-refractivity contribution in [2.45, 2.75) is 31.4 Å². The molecule has 0 aliphatic heterocycles. The second-order valence-corrected chi connectivity index (χ2v) is 9.63. The van der Waals surface area contributed by atoms with Gasteiger partial charge in [0.25, 0.3) is 0 Å². The Morgan fingerprint density at radius 2 is 1.94 bits per heavy atom. The molecule has 8 nitrogen and oxygen atoms in total. The minimum Gasteiger partial charge on any atom is -0.496 e. The predicted octanol–water partition coefficient (Wildman–Crippen LogP) is 3.72. The van der Waals surface area contributed by atoms with Crippen LogP contribution in [0.2, 0.25) is 5.02 Å². The van der Waals surface area contributed by atoms with Crippen LogP contribution < -0.4 is 4.74 Å². The number of hydrogen-bond acceptors (Lipinski definition) is 6. The molecule has 0 unspecified atom stereocenters. The highest BCUT2D eigenvalue weighted by Gasteiger charge is 2.21. The summed E-state index contributed by atoms with van der Waals surface area (Å²) in [6.07, 6.45) is 0.826. The van der Waals surface area contributed by atoms with Gasteiger partial charge < -0.3 is 14.0 Å². The number of rotatable bonds is 8. The Kier molecular flexibility index (Phi) is 6.88. The summed E-state index contributed by atoms with van der Waals surface area (Å²) in [6.45, 7) is 2.58. The zero-order valence-corrected chi connectivity index (χ0v) is 19.3. The van der Waals surface area contributed by atoms with Gasteiger partial charge in [0.15, 0.2) is 0 Å². The van der Waals surface area contributed by atoms with E-state index in [0.29, 0.717) is 28.7 Å². The van der Waals surface area contributed by atoms with Crippen molar-refractivity contribution in [1.82, 2.24) is 13.9 Å². The number of nitrogens with zero attached hydrogens (tertiary/aromatic N) is 3. The summed E-state index contributed by atoms with van der Waals surface area (Å²) in [5, 5.41) is 0.389. The van der Waals surface area contributed by atoms with Gasteiger partial charge in [-0.2, -0.15) is 0 Å². The largest absolute Gasteiger partial charge is 0.496 e. The van der Waals surface area contributed by atoms with Gasteiger partial charge in [-0.05, 0) is 42.8 Å². The first-order valence-electron chi connectivity index (χ1n) is 9.61. The van der Waals surface area contributed by atoms with Gasteiger partial charge in [0, 0.05) is 25.7 Å². The molecular formula is C21H24ClN3O5S. The summed E-state index contributed by atoms with van der Waals surface area (Å²) in [4.78, 5) is 17.3. The van der Waals surface area contributed by atoms with Gasteiger partial charge in [0.05, 0.1) is 23.0 Å². The number of halogens is 1. The summed E-state index contributed by atoms with van der Waals surface area (Å²) in [7, 11) is 0.826. The van der Waals surface area contributed by atoms with Crippen LogP contribution in [0.4, 0.5) is 0 Å². The normalized spacial score (nSPS) is 11.8. The molecule has 1 heterocycles. The number of ether oxygens (including phenoxy) is 2. The van der Waals surface area contributed by atoms with Gasteiger partial charge >= 0.3 is 5.97 Å². The van der Waals surface area contributed by atoms with Crippen molar-refractivity contribution in [3.8, 4) is 5.75 Å². The van der Waals surface area contributed by atoms with Crippen LogP contribution >= 0.6 is 11.6 Å². The molecule has 0 saturated carbocycles. The first-order chi connectivity index (χ1) is 14.7. The Labute approximate surface area is 186 Å². The topological polar surface area (TPSA) is 90.7 Å². The highest BCUT2D eigenvalue weighted by Crippen LogP contribution is 2.25. The van der Waals surface area contributed by atoms with Crippen molar-refractivity contribution < 1.29 is 22.7 Å². The van der Waals surface area contributed by atoms with Crippen LogP contribution in [0.25, 0.3) is 11.0 Å². The molecule has 0 amide bonds. The maximum absolute atomic E-state index is 12.6. The summed E-state index contributed by atoms with van der Waals surface area (Å²) in [5.41, 5.74) is 1.50. The number of hydrogen-bond donors (Lipinski definition) is 0. The number of carbonyl (C=O) groups is 1. The van der Waals surface area contributed by atoms with E-state index in [9.17, 15) is 13.2 Å². The quantitative estimate of drug-likeness (QED) is 0.471. The lowest BCUT2D eigenvalue weighted by Gasteiger charge is -2.12. The monoisotopic (exact) mass is 465 g/mol. The molecule has 10 heteroatoms. The number of benzene rings is 2. The zero-order chi connectivity index (χ0) is 22.8. The third-order valence-corrected chi connectivity index (χ3v) is 6.78. The molecule has 2 aromatic carbocycles. The molecule has 0 saturated heterocycles. The molecule has 0 aliphatic rings. The maximum atomic E-state index is 12.6. The van der Waals surface area contributed by atoms with Gasteiger partial charge in [-0.1, -0.05) is 18.5 Å². The third-order valence-electron chi connectivity index (χ3n) is 4.74. The van der Waals surface area contributed by atoms with Crippen molar-refractivity contribution in [2.75, 3.05) is 21.2 Å². The molecule has 0 radical (unpaired) electrons. The predicted molar refractivity (Wildman–Crippen MR) is 118 cm³/mol. The number of fused-ring (bicyclic) bond motifs is 1. The second kappa shape index (κ2) is 9.25. The number of aryl methyl sites for hydroxylation is 1. The van der Waals surface area contributed by atoms with Gasteiger partial charge in [0.1, 0.15) is 23.7 Å². The average Bonchev–Trinajstić information content (AvgIpc) is 3.08. The maximum Gasteiger partial charge on any atom is 0.342 e. The number of aromatic nitrogens is 2. The average molecular weight is 466 g/mol. The van der Waals surface area contributed by atoms with E-state index in [2.05, 4.69) is 4.98 Å². The van der Waals surface area contributed by atoms with Gasteiger partial charge in [0.2, 0.25) is 10.0 Å². The standard InChI is InChI=1S/C21H24ClN3O5S/c1-5-10-25-18-8-7-15(31(27,28)24(2)3)12-17(18)23-20(25)13-30-21(26)16-11-14(22)6-9-19(16)29-4/h6-9,11-12H,5,10,13H2,1-4H3. The van der Waals surface area contributed by atoms with E-state index in [0.717, 1.165) is 16.2 Å². The molecule has 1 aromatic heterocycles. The Bertz CT molecular complexity index is 1220. The minimum absolute atomic E-state index is 0.0844. The van der Waals surface area contributed by atoms with Crippen molar-refractivity contribution in [3.05, 3.63) is 52.8 Å². The van der Waals surface area contributed by atoms with Crippen molar-refractivity contribution >= 4 is 38.6 Å². The van der Waals surface area contributed by atoms with E-state index in [1.807, 2.05) is 11.5 Å². The van der Waals surface area contributed by atoms with E-state index >= 15 is 0 Å². The van der Waals surface area contributed by atoms with Crippen molar-refractivity contribution in [3.63, 3.8) is 0 Å². The lowest BCUT2D eigenvalue weighted by Crippen LogP contribution is -2.22. The lowest BCUT2D eigenvalue weighted by atomic mass is 10.2. The van der Waals surface area contributed by atoms with Gasteiger partial charge in [-0.15, -0.1) is 0 Å². The molecule has 0 bridgehead atoms. The van der Waals surface area contributed by atoms with Crippen LogP contribution in [0.5, 0.6) is 5.75 Å². The molecular weight excluding hydrogens is 442 g/mol. The van der Waals surface area contributed by atoms with Crippen molar-refractivity contribution in [1.29, 1.82) is 0 Å². The van der Waals surface area contributed by atoms with Crippen LogP contribution in [0.3, 0.4) is 0 Å². The van der Waals surface area contributed by atoms with Gasteiger partial charge in [-0.3, -0.25) is 0 Å². The minimum atomic E-state index is -3.59. The number of carbonyl (C=O) groups excluding carboxylic acids is 1. The molecule has 166 valence electrons. The Hall–Kier alpha value is -2.62. The molecule has 31 heavy (non-hydrogen) atoms. The van der Waals surface area contributed by atoms with E-state index < -0.39 is 16.0 Å². The molecule has 0 fully saturated rings. The fraction of sp³-hybridized carbons (Fsp3) is 0.333. The summed E-state index contributed by atoms with van der Waals surface area (Å²) in [6, 6.07) is 9.51. The van der Waals surface area contributed by atoms with E-state index in [1.165, 1.54) is 33.3 Å². The van der Waals surface area contributed by atoms with Crippen LogP contribution in [0.1, 0.15) is 29.5 Å². The molecule has 0 N–H and O–H groups in total. The summed E-state index contributed by atoms with van der Waals surface area (Å²) in [5.74, 6) is 0.283. The smallest absolute Gasteiger partial charge is 0.342 e. The van der Waals surface area contributed by atoms with E-state index in [1.54, 1.807) is 24.3 Å². The van der Waals surface area contributed by atoms with E-state index in [-0.39, 0.29) is 17.1 Å².